The molecule has 110 valence electrons. The predicted molar refractivity (Wildman–Crippen MR) is 81.1 cm³/mol. The first-order chi connectivity index (χ1) is 9.97. The van der Waals surface area contributed by atoms with E-state index in [4.69, 9.17) is 0 Å². The number of methoxy groups -OCH3 is 1. The van der Waals surface area contributed by atoms with Gasteiger partial charge in [0.15, 0.2) is 0 Å². The number of amides is 1. The van der Waals surface area contributed by atoms with Crippen molar-refractivity contribution in [3.8, 4) is 0 Å². The number of hydrogen-bond donors (Lipinski definition) is 1. The molecule has 7 heteroatoms. The third kappa shape index (κ3) is 4.16. The van der Waals surface area contributed by atoms with Crippen LogP contribution in [0.5, 0.6) is 0 Å². The Hall–Kier alpha value is -2.15. The van der Waals surface area contributed by atoms with Crippen molar-refractivity contribution in [3.05, 3.63) is 46.2 Å². The second kappa shape index (κ2) is 6.53. The molecule has 2 rings (SSSR count). The summed E-state index contributed by atoms with van der Waals surface area (Å²) < 4.78 is 6.79. The van der Waals surface area contributed by atoms with E-state index in [1.165, 1.54) is 18.0 Å². The lowest BCUT2D eigenvalue weighted by atomic mass is 10.1. The largest absolute Gasteiger partial charge is 0.468 e. The number of hydrogen-bond acceptors (Lipinski definition) is 4. The van der Waals surface area contributed by atoms with Gasteiger partial charge in [-0.1, -0.05) is 15.9 Å². The van der Waals surface area contributed by atoms with E-state index in [9.17, 15) is 9.59 Å². The van der Waals surface area contributed by atoms with E-state index in [-0.39, 0.29) is 12.5 Å². The van der Waals surface area contributed by atoms with Gasteiger partial charge in [0.1, 0.15) is 6.54 Å². The van der Waals surface area contributed by atoms with Crippen molar-refractivity contribution in [2.75, 3.05) is 12.4 Å². The van der Waals surface area contributed by atoms with Crippen molar-refractivity contribution in [1.82, 2.24) is 9.78 Å². The van der Waals surface area contributed by atoms with E-state index in [1.54, 1.807) is 18.3 Å². The molecular weight excluding hydrogens is 338 g/mol. The van der Waals surface area contributed by atoms with Crippen LogP contribution in [0.4, 0.5) is 5.69 Å². The van der Waals surface area contributed by atoms with Crippen molar-refractivity contribution >= 4 is 33.5 Å². The highest BCUT2D eigenvalue weighted by atomic mass is 79.9. The Balaban J connectivity index is 2.07. The highest BCUT2D eigenvalue weighted by Crippen LogP contribution is 2.16. The molecule has 0 bridgehead atoms. The number of carbonyl (C=O) groups is 2. The Kier molecular flexibility index (Phi) is 4.74. The molecule has 1 amide bonds. The third-order valence-electron chi connectivity index (χ3n) is 2.71. The maximum Gasteiger partial charge on any atom is 0.327 e. The zero-order valence-electron chi connectivity index (χ0n) is 11.6. The number of benzene rings is 1. The lowest BCUT2D eigenvalue weighted by Gasteiger charge is -2.04. The van der Waals surface area contributed by atoms with Crippen LogP contribution in [0.2, 0.25) is 0 Å². The van der Waals surface area contributed by atoms with Crippen LogP contribution in [0, 0.1) is 6.92 Å². The average Bonchev–Trinajstić information content (AvgIpc) is 2.84. The zero-order valence-corrected chi connectivity index (χ0v) is 13.2. The summed E-state index contributed by atoms with van der Waals surface area (Å²) in [6, 6.07) is 5.45. The fourth-order valence-corrected chi connectivity index (χ4v) is 2.39. The van der Waals surface area contributed by atoms with Crippen LogP contribution in [0.15, 0.2) is 35.1 Å². The van der Waals surface area contributed by atoms with Crippen molar-refractivity contribution in [1.29, 1.82) is 0 Å². The SMILES string of the molecule is COC(=O)Cn1cc(NC(=O)c2cc(C)cc(Br)c2)cn1. The van der Waals surface area contributed by atoms with Gasteiger partial charge in [-0.25, -0.2) is 0 Å². The maximum absolute atomic E-state index is 12.1. The highest BCUT2D eigenvalue weighted by Gasteiger charge is 2.10. The molecular formula is C14H14BrN3O3. The van der Waals surface area contributed by atoms with Crippen LogP contribution < -0.4 is 5.32 Å². The molecule has 1 heterocycles. The summed E-state index contributed by atoms with van der Waals surface area (Å²) in [6.45, 7) is 1.91. The van der Waals surface area contributed by atoms with Crippen molar-refractivity contribution in [3.63, 3.8) is 0 Å². The summed E-state index contributed by atoms with van der Waals surface area (Å²) >= 11 is 3.36. The lowest BCUT2D eigenvalue weighted by molar-refractivity contribution is -0.141. The third-order valence-corrected chi connectivity index (χ3v) is 3.17. The lowest BCUT2D eigenvalue weighted by Crippen LogP contribution is -2.13. The summed E-state index contributed by atoms with van der Waals surface area (Å²) in [5, 5.41) is 6.71. The van der Waals surface area contributed by atoms with Crippen LogP contribution in [0.25, 0.3) is 0 Å². The van der Waals surface area contributed by atoms with Crippen LogP contribution in [-0.4, -0.2) is 28.8 Å². The van der Waals surface area contributed by atoms with Gasteiger partial charge in [0, 0.05) is 16.2 Å². The Labute approximate surface area is 130 Å². The van der Waals surface area contributed by atoms with Gasteiger partial charge in [-0.2, -0.15) is 5.10 Å². The molecule has 0 aliphatic heterocycles. The number of aromatic nitrogens is 2. The van der Waals surface area contributed by atoms with E-state index in [0.717, 1.165) is 10.0 Å². The monoisotopic (exact) mass is 351 g/mol. The van der Waals surface area contributed by atoms with Crippen LogP contribution in [0.1, 0.15) is 15.9 Å². The number of nitrogens with zero attached hydrogens (tertiary/aromatic N) is 2. The summed E-state index contributed by atoms with van der Waals surface area (Å²) in [7, 11) is 1.31. The first-order valence-electron chi connectivity index (χ1n) is 6.16. The fraction of sp³-hybridized carbons (Fsp3) is 0.214. The van der Waals surface area contributed by atoms with Gasteiger partial charge in [0.2, 0.25) is 0 Å². The molecule has 1 aromatic heterocycles. The van der Waals surface area contributed by atoms with Gasteiger partial charge in [0.25, 0.3) is 5.91 Å². The number of aryl methyl sites for hydroxylation is 1. The van der Waals surface area contributed by atoms with E-state index >= 15 is 0 Å². The minimum atomic E-state index is -0.404. The number of carbonyl (C=O) groups excluding carboxylic acids is 2. The standard InChI is InChI=1S/C14H14BrN3O3/c1-9-3-10(5-11(15)4-9)14(20)17-12-6-16-18(7-12)8-13(19)21-2/h3-7H,8H2,1-2H3,(H,17,20). The smallest absolute Gasteiger partial charge is 0.327 e. The molecule has 0 radical (unpaired) electrons. The minimum Gasteiger partial charge on any atom is -0.468 e. The molecule has 1 aromatic carbocycles. The van der Waals surface area contributed by atoms with Crippen molar-refractivity contribution in [2.24, 2.45) is 0 Å². The minimum absolute atomic E-state index is 0.00234. The van der Waals surface area contributed by atoms with E-state index < -0.39 is 5.97 Å². The molecule has 1 N–H and O–H groups in total. The normalized spacial score (nSPS) is 10.2. The second-order valence-corrected chi connectivity index (χ2v) is 5.39. The highest BCUT2D eigenvalue weighted by molar-refractivity contribution is 9.10. The predicted octanol–water partition coefficient (Wildman–Crippen LogP) is 2.38. The molecule has 21 heavy (non-hydrogen) atoms. The zero-order chi connectivity index (χ0) is 15.4. The van der Waals surface area contributed by atoms with Gasteiger partial charge in [-0.05, 0) is 30.7 Å². The average molecular weight is 352 g/mol. The summed E-state index contributed by atoms with van der Waals surface area (Å²) in [5.74, 6) is -0.643. The second-order valence-electron chi connectivity index (χ2n) is 4.47. The Morgan fingerprint density at radius 1 is 1.38 bits per heavy atom. The van der Waals surface area contributed by atoms with Crippen LogP contribution in [-0.2, 0) is 16.1 Å². The summed E-state index contributed by atoms with van der Waals surface area (Å²) in [5.41, 5.74) is 2.04. The molecule has 2 aromatic rings. The molecule has 0 aliphatic rings. The number of nitrogens with one attached hydrogen (secondary N) is 1. The first kappa shape index (κ1) is 15.2. The summed E-state index contributed by atoms with van der Waals surface area (Å²) in [4.78, 5) is 23.3. The van der Waals surface area contributed by atoms with E-state index in [2.05, 4.69) is 31.1 Å². The van der Waals surface area contributed by atoms with Crippen molar-refractivity contribution in [2.45, 2.75) is 13.5 Å². The maximum atomic E-state index is 12.1. The molecule has 0 saturated carbocycles. The van der Waals surface area contributed by atoms with Gasteiger partial charge >= 0.3 is 5.97 Å². The van der Waals surface area contributed by atoms with Gasteiger partial charge < -0.3 is 10.1 Å². The Morgan fingerprint density at radius 3 is 2.81 bits per heavy atom. The molecule has 6 nitrogen and oxygen atoms in total. The summed E-state index contributed by atoms with van der Waals surface area (Å²) in [6.07, 6.45) is 3.05. The Morgan fingerprint density at radius 2 is 2.14 bits per heavy atom. The number of ether oxygens (including phenoxy) is 1. The topological polar surface area (TPSA) is 73.2 Å². The van der Waals surface area contributed by atoms with Gasteiger partial charge in [-0.3, -0.25) is 14.3 Å². The number of halogens is 1. The van der Waals surface area contributed by atoms with Crippen molar-refractivity contribution < 1.29 is 14.3 Å². The van der Waals surface area contributed by atoms with Crippen LogP contribution in [0.3, 0.4) is 0 Å². The van der Waals surface area contributed by atoms with Crippen LogP contribution >= 0.6 is 15.9 Å². The molecule has 0 saturated heterocycles. The fourth-order valence-electron chi connectivity index (χ4n) is 1.78. The molecule has 0 unspecified atom stereocenters. The number of rotatable bonds is 4. The quantitative estimate of drug-likeness (QED) is 0.858. The molecule has 0 aliphatic carbocycles. The van der Waals surface area contributed by atoms with E-state index in [0.29, 0.717) is 11.3 Å². The number of esters is 1. The first-order valence-corrected chi connectivity index (χ1v) is 6.95. The molecule has 0 fully saturated rings. The van der Waals surface area contributed by atoms with E-state index in [1.807, 2.05) is 13.0 Å². The number of anilines is 1. The van der Waals surface area contributed by atoms with Gasteiger partial charge in [0.05, 0.1) is 19.0 Å². The molecule has 0 spiro atoms. The molecule has 0 atom stereocenters. The Bertz CT molecular complexity index is 662. The van der Waals surface area contributed by atoms with Gasteiger partial charge in [-0.15, -0.1) is 0 Å².